The van der Waals surface area contributed by atoms with Crippen molar-refractivity contribution in [1.82, 2.24) is 20.5 Å². The number of anilines is 1. The summed E-state index contributed by atoms with van der Waals surface area (Å²) in [5.41, 5.74) is 2.19. The van der Waals surface area contributed by atoms with E-state index in [0.29, 0.717) is 5.95 Å². The minimum atomic E-state index is -0.379. The number of hydrogen-bond donors (Lipinski definition) is 3. The standard InChI is InChI=1S/C12H13N5O/c1-9-3-2-4-10(7-9)5-6-13-12(18)16-11-14-8-15-17-11/h2-8H,1H3,(H3,13,14,15,16,17,18)/b6-5+. The quantitative estimate of drug-likeness (QED) is 0.770. The van der Waals surface area contributed by atoms with Gasteiger partial charge in [0.05, 0.1) is 0 Å². The molecule has 0 aliphatic carbocycles. The smallest absolute Gasteiger partial charge is 0.314 e. The molecule has 0 bridgehead atoms. The summed E-state index contributed by atoms with van der Waals surface area (Å²) in [4.78, 5) is 15.2. The van der Waals surface area contributed by atoms with E-state index in [2.05, 4.69) is 25.8 Å². The maximum Gasteiger partial charge on any atom is 0.325 e. The zero-order valence-electron chi connectivity index (χ0n) is 9.84. The molecule has 0 saturated carbocycles. The van der Waals surface area contributed by atoms with Crippen LogP contribution in [0.2, 0.25) is 0 Å². The summed E-state index contributed by atoms with van der Waals surface area (Å²) in [6, 6.07) is 7.58. The Morgan fingerprint density at radius 3 is 3.06 bits per heavy atom. The number of aromatic nitrogens is 3. The van der Waals surface area contributed by atoms with Crippen LogP contribution in [0.5, 0.6) is 0 Å². The molecular weight excluding hydrogens is 230 g/mol. The van der Waals surface area contributed by atoms with Crippen LogP contribution >= 0.6 is 0 Å². The van der Waals surface area contributed by atoms with Crippen molar-refractivity contribution in [2.24, 2.45) is 0 Å². The number of aromatic amines is 1. The number of nitrogens with one attached hydrogen (secondary N) is 3. The Kier molecular flexibility index (Phi) is 3.70. The van der Waals surface area contributed by atoms with Crippen LogP contribution in [0.15, 0.2) is 36.8 Å². The lowest BCUT2D eigenvalue weighted by atomic mass is 10.1. The number of amides is 2. The van der Waals surface area contributed by atoms with Gasteiger partial charge in [-0.3, -0.25) is 5.32 Å². The molecule has 3 N–H and O–H groups in total. The molecule has 1 aromatic heterocycles. The van der Waals surface area contributed by atoms with Crippen molar-refractivity contribution in [3.05, 3.63) is 47.9 Å². The molecule has 6 heteroatoms. The van der Waals surface area contributed by atoms with Crippen molar-refractivity contribution in [2.45, 2.75) is 6.92 Å². The lowest BCUT2D eigenvalue weighted by Gasteiger charge is -2.00. The lowest BCUT2D eigenvalue weighted by Crippen LogP contribution is -2.24. The average molecular weight is 243 g/mol. The highest BCUT2D eigenvalue weighted by atomic mass is 16.2. The SMILES string of the molecule is Cc1cccc(/C=C/NC(=O)Nc2ncn[nH]2)c1. The van der Waals surface area contributed by atoms with E-state index in [9.17, 15) is 4.79 Å². The number of H-pyrrole nitrogens is 1. The minimum Gasteiger partial charge on any atom is -0.314 e. The molecule has 6 nitrogen and oxygen atoms in total. The minimum absolute atomic E-state index is 0.302. The monoisotopic (exact) mass is 243 g/mol. The lowest BCUT2D eigenvalue weighted by molar-refractivity contribution is 0.255. The Hall–Kier alpha value is -2.63. The third-order valence-corrected chi connectivity index (χ3v) is 2.18. The zero-order chi connectivity index (χ0) is 12.8. The van der Waals surface area contributed by atoms with Gasteiger partial charge >= 0.3 is 6.03 Å². The maximum atomic E-state index is 11.4. The van der Waals surface area contributed by atoms with Gasteiger partial charge in [-0.05, 0) is 18.6 Å². The van der Waals surface area contributed by atoms with Crippen LogP contribution in [0.1, 0.15) is 11.1 Å². The van der Waals surface area contributed by atoms with Gasteiger partial charge in [-0.1, -0.05) is 29.8 Å². The molecule has 0 aliphatic rings. The number of benzene rings is 1. The molecule has 0 fully saturated rings. The van der Waals surface area contributed by atoms with Gasteiger partial charge in [0.15, 0.2) is 0 Å². The highest BCUT2D eigenvalue weighted by Gasteiger charge is 1.99. The molecule has 0 aliphatic heterocycles. The second-order valence-corrected chi connectivity index (χ2v) is 3.68. The first-order valence-corrected chi connectivity index (χ1v) is 5.40. The van der Waals surface area contributed by atoms with Crippen LogP contribution in [0, 0.1) is 6.92 Å². The normalized spacial score (nSPS) is 10.5. The highest BCUT2D eigenvalue weighted by Crippen LogP contribution is 2.04. The van der Waals surface area contributed by atoms with E-state index in [4.69, 9.17) is 0 Å². The van der Waals surface area contributed by atoms with Crippen molar-refractivity contribution in [3.8, 4) is 0 Å². The van der Waals surface area contributed by atoms with Crippen molar-refractivity contribution in [1.29, 1.82) is 0 Å². The summed E-state index contributed by atoms with van der Waals surface area (Å²) < 4.78 is 0. The fourth-order valence-electron chi connectivity index (χ4n) is 1.40. The van der Waals surface area contributed by atoms with Gasteiger partial charge in [0.2, 0.25) is 5.95 Å². The van der Waals surface area contributed by atoms with Crippen LogP contribution < -0.4 is 10.6 Å². The van der Waals surface area contributed by atoms with E-state index in [1.54, 1.807) is 6.20 Å². The molecule has 1 heterocycles. The van der Waals surface area contributed by atoms with Gasteiger partial charge < -0.3 is 5.32 Å². The predicted molar refractivity (Wildman–Crippen MR) is 68.8 cm³/mol. The van der Waals surface area contributed by atoms with Crippen molar-refractivity contribution in [3.63, 3.8) is 0 Å². The maximum absolute atomic E-state index is 11.4. The molecule has 2 rings (SSSR count). The summed E-state index contributed by atoms with van der Waals surface area (Å²) in [7, 11) is 0. The Balaban J connectivity index is 1.86. The largest absolute Gasteiger partial charge is 0.325 e. The summed E-state index contributed by atoms with van der Waals surface area (Å²) in [6.07, 6.45) is 4.70. The van der Waals surface area contributed by atoms with Crippen molar-refractivity contribution >= 4 is 18.1 Å². The molecule has 2 amide bonds. The number of carbonyl (C=O) groups is 1. The molecule has 1 aromatic carbocycles. The third kappa shape index (κ3) is 3.44. The van der Waals surface area contributed by atoms with Crippen LogP contribution in [-0.2, 0) is 0 Å². The summed E-state index contributed by atoms with van der Waals surface area (Å²) in [6.45, 7) is 2.02. The number of hydrogen-bond acceptors (Lipinski definition) is 3. The van der Waals surface area contributed by atoms with Gasteiger partial charge in [-0.15, -0.1) is 0 Å². The van der Waals surface area contributed by atoms with Gasteiger partial charge in [-0.2, -0.15) is 10.1 Å². The Labute approximate surface area is 104 Å². The summed E-state index contributed by atoms with van der Waals surface area (Å²) in [5, 5.41) is 11.2. The molecule has 92 valence electrons. The first kappa shape index (κ1) is 11.8. The molecule has 0 unspecified atom stereocenters. The first-order valence-electron chi connectivity index (χ1n) is 5.40. The fourth-order valence-corrected chi connectivity index (χ4v) is 1.40. The second-order valence-electron chi connectivity index (χ2n) is 3.68. The fraction of sp³-hybridized carbons (Fsp3) is 0.0833. The second kappa shape index (κ2) is 5.62. The van der Waals surface area contributed by atoms with E-state index >= 15 is 0 Å². The molecule has 0 spiro atoms. The van der Waals surface area contributed by atoms with E-state index in [0.717, 1.165) is 5.56 Å². The first-order chi connectivity index (χ1) is 8.74. The Bertz CT molecular complexity index is 547. The van der Waals surface area contributed by atoms with E-state index < -0.39 is 0 Å². The average Bonchev–Trinajstić information content (AvgIpc) is 2.82. The highest BCUT2D eigenvalue weighted by molar-refractivity contribution is 5.88. The molecule has 0 atom stereocenters. The number of carbonyl (C=O) groups excluding carboxylic acids is 1. The Morgan fingerprint density at radius 2 is 2.33 bits per heavy atom. The van der Waals surface area contributed by atoms with E-state index in [-0.39, 0.29) is 6.03 Å². The topological polar surface area (TPSA) is 82.7 Å². The number of urea groups is 1. The predicted octanol–water partition coefficient (Wildman–Crippen LogP) is 1.91. The summed E-state index contributed by atoms with van der Waals surface area (Å²) in [5.74, 6) is 0.302. The van der Waals surface area contributed by atoms with Gasteiger partial charge in [0.25, 0.3) is 0 Å². The Morgan fingerprint density at radius 1 is 1.44 bits per heavy atom. The van der Waals surface area contributed by atoms with Crippen LogP contribution in [-0.4, -0.2) is 21.2 Å². The van der Waals surface area contributed by atoms with Crippen LogP contribution in [0.4, 0.5) is 10.7 Å². The number of aryl methyl sites for hydroxylation is 1. The van der Waals surface area contributed by atoms with Crippen molar-refractivity contribution < 1.29 is 4.79 Å². The van der Waals surface area contributed by atoms with Crippen LogP contribution in [0.3, 0.4) is 0 Å². The molecule has 18 heavy (non-hydrogen) atoms. The molecule has 0 saturated heterocycles. The van der Waals surface area contributed by atoms with E-state index in [1.807, 2.05) is 37.3 Å². The van der Waals surface area contributed by atoms with E-state index in [1.165, 1.54) is 11.9 Å². The summed E-state index contributed by atoms with van der Waals surface area (Å²) >= 11 is 0. The molecule has 2 aromatic rings. The van der Waals surface area contributed by atoms with Gasteiger partial charge in [-0.25, -0.2) is 9.89 Å². The number of nitrogens with zero attached hydrogens (tertiary/aromatic N) is 2. The van der Waals surface area contributed by atoms with Crippen molar-refractivity contribution in [2.75, 3.05) is 5.32 Å². The third-order valence-electron chi connectivity index (χ3n) is 2.18. The van der Waals surface area contributed by atoms with Crippen LogP contribution in [0.25, 0.3) is 6.08 Å². The zero-order valence-corrected chi connectivity index (χ0v) is 9.84. The van der Waals surface area contributed by atoms with Gasteiger partial charge in [0, 0.05) is 6.20 Å². The molecule has 0 radical (unpaired) electrons. The van der Waals surface area contributed by atoms with Gasteiger partial charge in [0.1, 0.15) is 6.33 Å². The number of rotatable bonds is 3. The molecular formula is C12H13N5O.